The molecule has 0 aromatic carbocycles. The first-order chi connectivity index (χ1) is 11.3. The van der Waals surface area contributed by atoms with E-state index >= 15 is 0 Å². The zero-order valence-corrected chi connectivity index (χ0v) is 14.4. The van der Waals surface area contributed by atoms with Crippen molar-refractivity contribution in [1.82, 2.24) is 5.32 Å². The van der Waals surface area contributed by atoms with E-state index in [2.05, 4.69) is 5.32 Å². The number of hydrogen-bond acceptors (Lipinski definition) is 6. The monoisotopic (exact) mass is 357 g/mol. The number of rotatable bonds is 10. The Morgan fingerprint density at radius 3 is 2.38 bits per heavy atom. The highest BCUT2D eigenvalue weighted by Crippen LogP contribution is 2.08. The van der Waals surface area contributed by atoms with Gasteiger partial charge in [0.1, 0.15) is 6.04 Å². The molecule has 24 heavy (non-hydrogen) atoms. The van der Waals surface area contributed by atoms with Crippen molar-refractivity contribution < 1.29 is 29.7 Å². The van der Waals surface area contributed by atoms with E-state index in [9.17, 15) is 19.5 Å². The van der Waals surface area contributed by atoms with Crippen LogP contribution in [-0.2, 0) is 14.4 Å². The summed E-state index contributed by atoms with van der Waals surface area (Å²) in [5.41, 5.74) is 0. The van der Waals surface area contributed by atoms with Gasteiger partial charge in [-0.15, -0.1) is 0 Å². The molecule has 0 saturated heterocycles. The van der Waals surface area contributed by atoms with Crippen molar-refractivity contribution in [2.75, 3.05) is 5.75 Å². The molecule has 0 fully saturated rings. The summed E-state index contributed by atoms with van der Waals surface area (Å²) < 4.78 is 0. The number of hydrogen-bond donors (Lipinski definition) is 4. The van der Waals surface area contributed by atoms with Crippen LogP contribution in [0.1, 0.15) is 20.3 Å². The van der Waals surface area contributed by atoms with Gasteiger partial charge in [-0.05, 0) is 32.4 Å². The van der Waals surface area contributed by atoms with Gasteiger partial charge in [-0.1, -0.05) is 36.1 Å². The van der Waals surface area contributed by atoms with Gasteiger partial charge in [0.25, 0.3) is 5.91 Å². The molecule has 7 nitrogen and oxygen atoms in total. The lowest BCUT2D eigenvalue weighted by Crippen LogP contribution is -2.45. The molecule has 3 atom stereocenters. The summed E-state index contributed by atoms with van der Waals surface area (Å²) in [7, 11) is 0. The number of nitrogens with one attached hydrogen (secondary N) is 1. The Balaban J connectivity index is 4.43. The molecule has 0 aromatic rings. The zero-order valence-electron chi connectivity index (χ0n) is 13.6. The minimum absolute atomic E-state index is 0.0295. The summed E-state index contributed by atoms with van der Waals surface area (Å²) in [4.78, 5) is 34.3. The highest BCUT2D eigenvalue weighted by Gasteiger charge is 2.22. The van der Waals surface area contributed by atoms with E-state index in [-0.39, 0.29) is 17.3 Å². The highest BCUT2D eigenvalue weighted by molar-refractivity contribution is 8.14. The number of amides is 1. The van der Waals surface area contributed by atoms with Crippen LogP contribution in [0.25, 0.3) is 0 Å². The Kier molecular flexibility index (Phi) is 11.5. The maximum absolute atomic E-state index is 11.7. The van der Waals surface area contributed by atoms with Crippen molar-refractivity contribution in [3.8, 4) is 0 Å². The molecule has 0 bridgehead atoms. The second kappa shape index (κ2) is 12.5. The number of carboxylic acids is 1. The lowest BCUT2D eigenvalue weighted by atomic mass is 10.2. The van der Waals surface area contributed by atoms with Crippen molar-refractivity contribution in [1.29, 1.82) is 0 Å². The van der Waals surface area contributed by atoms with Crippen LogP contribution < -0.4 is 5.32 Å². The van der Waals surface area contributed by atoms with Crippen LogP contribution in [0.15, 0.2) is 36.5 Å². The Morgan fingerprint density at radius 2 is 1.83 bits per heavy atom. The standard InChI is InChI=1S/C16H23NO6S/c1-3-4-5-6-14(20)24-10-9-12(16(22)23)17-15(21)13(19)8-7-11(2)18/h3-8,11-13,18-19H,9-10H2,1-2H3,(H,17,21)(H,22,23)/b4-3+,6-5+,8-7+/t11?,12-,13?/m0/s1. The van der Waals surface area contributed by atoms with Gasteiger partial charge < -0.3 is 20.6 Å². The summed E-state index contributed by atoms with van der Waals surface area (Å²) in [6.07, 6.45) is 6.33. The van der Waals surface area contributed by atoms with Crippen LogP contribution in [-0.4, -0.2) is 56.3 Å². The normalized spacial score (nSPS) is 15.7. The number of allylic oxidation sites excluding steroid dienone is 3. The average Bonchev–Trinajstić information content (AvgIpc) is 2.51. The second-order valence-corrected chi connectivity index (χ2v) is 5.91. The quantitative estimate of drug-likeness (QED) is 0.257. The molecule has 2 unspecified atom stereocenters. The number of aliphatic hydroxyl groups excluding tert-OH is 2. The summed E-state index contributed by atoms with van der Waals surface area (Å²) >= 11 is 0.938. The fourth-order valence-corrected chi connectivity index (χ4v) is 2.17. The number of aliphatic carboxylic acids is 1. The van der Waals surface area contributed by atoms with Gasteiger partial charge in [-0.2, -0.15) is 0 Å². The van der Waals surface area contributed by atoms with Crippen LogP contribution in [0.3, 0.4) is 0 Å². The fraction of sp³-hybridized carbons (Fsp3) is 0.438. The molecule has 0 radical (unpaired) electrons. The van der Waals surface area contributed by atoms with E-state index in [0.717, 1.165) is 17.8 Å². The average molecular weight is 357 g/mol. The van der Waals surface area contributed by atoms with Gasteiger partial charge in [-0.25, -0.2) is 4.79 Å². The van der Waals surface area contributed by atoms with E-state index < -0.39 is 30.1 Å². The molecular formula is C16H23NO6S. The molecule has 1 amide bonds. The van der Waals surface area contributed by atoms with Crippen molar-refractivity contribution in [2.45, 2.75) is 38.5 Å². The fourth-order valence-electron chi connectivity index (χ4n) is 1.44. The van der Waals surface area contributed by atoms with E-state index in [1.807, 2.05) is 6.92 Å². The van der Waals surface area contributed by atoms with E-state index in [0.29, 0.717) is 0 Å². The SMILES string of the molecule is C/C=C/C=C/C(=O)SCC[C@H](NC(=O)C(O)/C=C/C(C)O)C(=O)O. The molecule has 0 aliphatic carbocycles. The first kappa shape index (κ1) is 22.1. The van der Waals surface area contributed by atoms with Crippen molar-refractivity contribution in [2.24, 2.45) is 0 Å². The third-order valence-corrected chi connectivity index (χ3v) is 3.50. The minimum Gasteiger partial charge on any atom is -0.480 e. The summed E-state index contributed by atoms with van der Waals surface area (Å²) in [6, 6.07) is -1.22. The van der Waals surface area contributed by atoms with Crippen LogP contribution >= 0.6 is 11.8 Å². The maximum Gasteiger partial charge on any atom is 0.326 e. The zero-order chi connectivity index (χ0) is 18.5. The molecule has 0 spiro atoms. The van der Waals surface area contributed by atoms with Gasteiger partial charge in [-0.3, -0.25) is 9.59 Å². The smallest absolute Gasteiger partial charge is 0.326 e. The minimum atomic E-state index is -1.56. The van der Waals surface area contributed by atoms with Gasteiger partial charge in [0.2, 0.25) is 5.12 Å². The number of carboxylic acid groups (broad SMARTS) is 1. The van der Waals surface area contributed by atoms with Crippen LogP contribution in [0.2, 0.25) is 0 Å². The number of carbonyl (C=O) groups is 3. The molecule has 0 saturated carbocycles. The van der Waals surface area contributed by atoms with Crippen molar-refractivity contribution >= 4 is 28.8 Å². The molecule has 0 rings (SSSR count). The van der Waals surface area contributed by atoms with E-state index in [1.54, 1.807) is 18.2 Å². The predicted octanol–water partition coefficient (Wildman–Crippen LogP) is 0.636. The Morgan fingerprint density at radius 1 is 1.17 bits per heavy atom. The molecule has 0 aliphatic heterocycles. The third kappa shape index (κ3) is 10.8. The van der Waals surface area contributed by atoms with Crippen LogP contribution in [0.4, 0.5) is 0 Å². The van der Waals surface area contributed by atoms with Crippen molar-refractivity contribution in [3.05, 3.63) is 36.5 Å². The summed E-state index contributed by atoms with van der Waals surface area (Å²) in [6.45, 7) is 3.26. The molecule has 4 N–H and O–H groups in total. The molecule has 0 aliphatic rings. The van der Waals surface area contributed by atoms with Gasteiger partial charge >= 0.3 is 5.97 Å². The molecule has 8 heteroatoms. The summed E-state index contributed by atoms with van der Waals surface area (Å²) in [5, 5.41) is 29.6. The lowest BCUT2D eigenvalue weighted by Gasteiger charge is -2.15. The third-order valence-electron chi connectivity index (χ3n) is 2.64. The topological polar surface area (TPSA) is 124 Å². The second-order valence-electron chi connectivity index (χ2n) is 4.81. The molecule has 134 valence electrons. The number of carbonyl (C=O) groups excluding carboxylic acids is 2. The molecular weight excluding hydrogens is 334 g/mol. The first-order valence-corrected chi connectivity index (χ1v) is 8.30. The molecule has 0 aromatic heterocycles. The Bertz CT molecular complexity index is 513. The van der Waals surface area contributed by atoms with Gasteiger partial charge in [0, 0.05) is 5.75 Å². The Labute approximate surface area is 145 Å². The van der Waals surface area contributed by atoms with Crippen molar-refractivity contribution in [3.63, 3.8) is 0 Å². The first-order valence-electron chi connectivity index (χ1n) is 7.31. The van der Waals surface area contributed by atoms with Crippen LogP contribution in [0, 0.1) is 0 Å². The largest absolute Gasteiger partial charge is 0.480 e. The van der Waals surface area contributed by atoms with Crippen LogP contribution in [0.5, 0.6) is 0 Å². The predicted molar refractivity (Wildman–Crippen MR) is 92.4 cm³/mol. The Hall–Kier alpha value is -1.90. The van der Waals surface area contributed by atoms with E-state index in [4.69, 9.17) is 10.2 Å². The summed E-state index contributed by atoms with van der Waals surface area (Å²) in [5.74, 6) is -1.94. The molecule has 0 heterocycles. The number of aliphatic hydroxyl groups is 2. The highest BCUT2D eigenvalue weighted by atomic mass is 32.2. The number of thioether (sulfide) groups is 1. The van der Waals surface area contributed by atoms with Gasteiger partial charge in [0.15, 0.2) is 6.10 Å². The van der Waals surface area contributed by atoms with E-state index in [1.165, 1.54) is 19.1 Å². The van der Waals surface area contributed by atoms with Gasteiger partial charge in [0.05, 0.1) is 6.10 Å². The maximum atomic E-state index is 11.7. The lowest BCUT2D eigenvalue weighted by molar-refractivity contribution is -0.142.